The van der Waals surface area contributed by atoms with Crippen LogP contribution in [-0.4, -0.2) is 20.2 Å². The van der Waals surface area contributed by atoms with E-state index >= 15 is 0 Å². The maximum absolute atomic E-state index is 4.50. The molecule has 3 rings (SSSR count). The van der Waals surface area contributed by atoms with Gasteiger partial charge in [-0.2, -0.15) is 5.10 Å². The molecule has 0 atom stereocenters. The molecule has 0 unspecified atom stereocenters. The van der Waals surface area contributed by atoms with E-state index < -0.39 is 0 Å². The molecule has 2 aromatic heterocycles. The van der Waals surface area contributed by atoms with Crippen molar-refractivity contribution in [1.29, 1.82) is 0 Å². The second kappa shape index (κ2) is 3.66. The number of nitrogens with zero attached hydrogens (tertiary/aromatic N) is 3. The monoisotopic (exact) mass is 224 g/mol. The van der Waals surface area contributed by atoms with Gasteiger partial charge in [-0.1, -0.05) is 18.2 Å². The number of aromatic nitrogens is 4. The van der Waals surface area contributed by atoms with Crippen LogP contribution in [0.4, 0.5) is 0 Å². The van der Waals surface area contributed by atoms with Crippen LogP contribution in [0.2, 0.25) is 0 Å². The van der Waals surface area contributed by atoms with Crippen molar-refractivity contribution in [1.82, 2.24) is 20.2 Å². The second-order valence-electron chi connectivity index (χ2n) is 4.07. The van der Waals surface area contributed by atoms with E-state index in [1.165, 1.54) is 0 Å². The van der Waals surface area contributed by atoms with Crippen LogP contribution < -0.4 is 0 Å². The van der Waals surface area contributed by atoms with Crippen LogP contribution in [-0.2, 0) is 0 Å². The highest BCUT2D eigenvalue weighted by Gasteiger charge is 2.08. The van der Waals surface area contributed by atoms with Gasteiger partial charge in [0.1, 0.15) is 5.82 Å². The van der Waals surface area contributed by atoms with Crippen molar-refractivity contribution in [2.75, 3.05) is 0 Å². The first-order valence-electron chi connectivity index (χ1n) is 5.50. The number of aryl methyl sites for hydroxylation is 2. The summed E-state index contributed by atoms with van der Waals surface area (Å²) in [6.07, 6.45) is 0. The highest BCUT2D eigenvalue weighted by molar-refractivity contribution is 5.92. The van der Waals surface area contributed by atoms with Gasteiger partial charge >= 0.3 is 0 Å². The first-order valence-corrected chi connectivity index (χ1v) is 5.50. The summed E-state index contributed by atoms with van der Waals surface area (Å²) < 4.78 is 0. The Morgan fingerprint density at radius 1 is 1.00 bits per heavy atom. The molecule has 0 saturated carbocycles. The van der Waals surface area contributed by atoms with Crippen LogP contribution in [0, 0.1) is 13.8 Å². The Morgan fingerprint density at radius 3 is 2.65 bits per heavy atom. The van der Waals surface area contributed by atoms with Crippen LogP contribution >= 0.6 is 0 Å². The molecule has 0 amide bonds. The zero-order valence-electron chi connectivity index (χ0n) is 9.73. The molecule has 84 valence electrons. The maximum Gasteiger partial charge on any atom is 0.181 e. The predicted molar refractivity (Wildman–Crippen MR) is 66.6 cm³/mol. The van der Waals surface area contributed by atoms with Gasteiger partial charge in [0, 0.05) is 16.6 Å². The van der Waals surface area contributed by atoms with E-state index in [4.69, 9.17) is 0 Å². The molecule has 0 aliphatic rings. The number of hydrogen-bond donors (Lipinski definition) is 1. The summed E-state index contributed by atoms with van der Waals surface area (Å²) in [5, 5.41) is 8.14. The van der Waals surface area contributed by atoms with Crippen molar-refractivity contribution in [3.63, 3.8) is 0 Å². The average Bonchev–Trinajstić information content (AvgIpc) is 2.74. The molecule has 4 nitrogen and oxygen atoms in total. The summed E-state index contributed by atoms with van der Waals surface area (Å²) in [5.74, 6) is 1.54. The summed E-state index contributed by atoms with van der Waals surface area (Å²) in [6, 6.07) is 10.1. The molecule has 0 spiro atoms. The van der Waals surface area contributed by atoms with Crippen LogP contribution in [0.3, 0.4) is 0 Å². The minimum absolute atomic E-state index is 0.721. The van der Waals surface area contributed by atoms with Crippen LogP contribution in [0.5, 0.6) is 0 Å². The molecule has 4 heteroatoms. The van der Waals surface area contributed by atoms with Gasteiger partial charge in [-0.05, 0) is 26.0 Å². The Labute approximate surface area is 98.7 Å². The molecular formula is C13H12N4. The van der Waals surface area contributed by atoms with E-state index in [9.17, 15) is 0 Å². The summed E-state index contributed by atoms with van der Waals surface area (Å²) >= 11 is 0. The molecule has 0 bridgehead atoms. The molecular weight excluding hydrogens is 212 g/mol. The number of nitrogens with one attached hydrogen (secondary N) is 1. The summed E-state index contributed by atoms with van der Waals surface area (Å²) in [6.45, 7) is 3.88. The quantitative estimate of drug-likeness (QED) is 0.691. The first kappa shape index (κ1) is 9.96. The van der Waals surface area contributed by atoms with Crippen molar-refractivity contribution in [2.45, 2.75) is 13.8 Å². The number of pyridine rings is 1. The van der Waals surface area contributed by atoms with Crippen molar-refractivity contribution in [3.05, 3.63) is 41.9 Å². The van der Waals surface area contributed by atoms with Gasteiger partial charge in [-0.3, -0.25) is 10.1 Å². The lowest BCUT2D eigenvalue weighted by atomic mass is 10.1. The molecule has 17 heavy (non-hydrogen) atoms. The highest BCUT2D eigenvalue weighted by atomic mass is 15.2. The molecule has 0 radical (unpaired) electrons. The van der Waals surface area contributed by atoms with E-state index in [1.807, 2.05) is 38.1 Å². The van der Waals surface area contributed by atoms with Gasteiger partial charge in [0.05, 0.1) is 5.52 Å². The average molecular weight is 224 g/mol. The van der Waals surface area contributed by atoms with Crippen molar-refractivity contribution >= 4 is 10.9 Å². The minimum atomic E-state index is 0.721. The van der Waals surface area contributed by atoms with E-state index in [0.29, 0.717) is 0 Å². The third kappa shape index (κ3) is 1.67. The normalized spacial score (nSPS) is 10.9. The lowest BCUT2D eigenvalue weighted by molar-refractivity contribution is 1.04. The fourth-order valence-corrected chi connectivity index (χ4v) is 1.92. The number of hydrogen-bond acceptors (Lipinski definition) is 3. The Hall–Kier alpha value is -2.23. The highest BCUT2D eigenvalue weighted by Crippen LogP contribution is 2.25. The summed E-state index contributed by atoms with van der Waals surface area (Å²) in [7, 11) is 0. The van der Waals surface area contributed by atoms with Gasteiger partial charge < -0.3 is 0 Å². The molecule has 0 saturated heterocycles. The predicted octanol–water partition coefficient (Wildman–Crippen LogP) is 2.64. The fraction of sp³-hybridized carbons (Fsp3) is 0.154. The molecule has 0 aliphatic heterocycles. The molecule has 2 heterocycles. The Balaban J connectivity index is 2.30. The third-order valence-electron chi connectivity index (χ3n) is 2.71. The van der Waals surface area contributed by atoms with E-state index in [1.54, 1.807) is 0 Å². The first-order chi connectivity index (χ1) is 8.24. The Kier molecular flexibility index (Phi) is 2.14. The van der Waals surface area contributed by atoms with Gasteiger partial charge in [-0.25, -0.2) is 4.98 Å². The number of benzene rings is 1. The molecule has 1 aromatic carbocycles. The van der Waals surface area contributed by atoms with Crippen LogP contribution in [0.25, 0.3) is 22.3 Å². The largest absolute Gasteiger partial charge is 0.263 e. The molecule has 1 N–H and O–H groups in total. The van der Waals surface area contributed by atoms with Crippen LogP contribution in [0.1, 0.15) is 11.5 Å². The Bertz CT molecular complexity index is 685. The number of fused-ring (bicyclic) bond motifs is 1. The maximum atomic E-state index is 4.50. The lowest BCUT2D eigenvalue weighted by Crippen LogP contribution is -1.87. The van der Waals surface area contributed by atoms with Gasteiger partial charge in [0.15, 0.2) is 5.82 Å². The zero-order valence-corrected chi connectivity index (χ0v) is 9.73. The third-order valence-corrected chi connectivity index (χ3v) is 2.71. The molecule has 3 aromatic rings. The van der Waals surface area contributed by atoms with Crippen molar-refractivity contribution in [3.8, 4) is 11.4 Å². The molecule has 0 aliphatic carbocycles. The van der Waals surface area contributed by atoms with E-state index in [2.05, 4.69) is 26.2 Å². The van der Waals surface area contributed by atoms with E-state index in [-0.39, 0.29) is 0 Å². The number of rotatable bonds is 1. The second-order valence-corrected chi connectivity index (χ2v) is 4.07. The SMILES string of the molecule is Cc1ccc2c(-c3n[nH]c(C)n3)cccc2n1. The van der Waals surface area contributed by atoms with E-state index in [0.717, 1.165) is 33.8 Å². The molecule has 0 fully saturated rings. The zero-order chi connectivity index (χ0) is 11.8. The number of aromatic amines is 1. The van der Waals surface area contributed by atoms with Crippen LogP contribution in [0.15, 0.2) is 30.3 Å². The van der Waals surface area contributed by atoms with Gasteiger partial charge in [0.25, 0.3) is 0 Å². The minimum Gasteiger partial charge on any atom is -0.263 e. The fourth-order valence-electron chi connectivity index (χ4n) is 1.92. The topological polar surface area (TPSA) is 54.5 Å². The van der Waals surface area contributed by atoms with Gasteiger partial charge in [0.2, 0.25) is 0 Å². The lowest BCUT2D eigenvalue weighted by Gasteiger charge is -2.03. The number of H-pyrrole nitrogens is 1. The smallest absolute Gasteiger partial charge is 0.181 e. The van der Waals surface area contributed by atoms with Crippen molar-refractivity contribution < 1.29 is 0 Å². The van der Waals surface area contributed by atoms with Crippen molar-refractivity contribution in [2.24, 2.45) is 0 Å². The Morgan fingerprint density at radius 2 is 1.88 bits per heavy atom. The standard InChI is InChI=1S/C13H12N4/c1-8-6-7-10-11(4-3-5-12(10)14-8)13-15-9(2)16-17-13/h3-7H,1-2H3,(H,15,16,17). The van der Waals surface area contributed by atoms with Gasteiger partial charge in [-0.15, -0.1) is 0 Å². The summed E-state index contributed by atoms with van der Waals surface area (Å²) in [5.41, 5.74) is 3.00. The summed E-state index contributed by atoms with van der Waals surface area (Å²) in [4.78, 5) is 8.86.